The third-order valence-electron chi connectivity index (χ3n) is 3.82. The molecule has 1 saturated heterocycles. The molecule has 144 valence electrons. The molecule has 1 aromatic rings. The van der Waals surface area contributed by atoms with Gasteiger partial charge in [0.15, 0.2) is 11.9 Å². The summed E-state index contributed by atoms with van der Waals surface area (Å²) in [7, 11) is 0. The SMILES string of the molecule is Nc1c(C(=O)N[C@@H](CC(=O)O)C(=O)O)ncn1[C@@H]1O[C@@H](CO)[C@H](O)[C@H]1O. The van der Waals surface area contributed by atoms with Gasteiger partial charge in [0.1, 0.15) is 30.2 Å². The molecular weight excluding hydrogens is 356 g/mol. The minimum atomic E-state index is -1.70. The van der Waals surface area contributed by atoms with Crippen LogP contribution in [0.4, 0.5) is 5.82 Å². The summed E-state index contributed by atoms with van der Waals surface area (Å²) in [5.41, 5.74) is 5.36. The van der Waals surface area contributed by atoms with E-state index in [-0.39, 0.29) is 5.82 Å². The van der Waals surface area contributed by atoms with Gasteiger partial charge in [0.05, 0.1) is 19.4 Å². The lowest BCUT2D eigenvalue weighted by atomic mass is 10.1. The highest BCUT2D eigenvalue weighted by Gasteiger charge is 2.44. The highest BCUT2D eigenvalue weighted by atomic mass is 16.6. The number of aliphatic hydroxyl groups is 3. The number of aromatic nitrogens is 2. The normalized spacial score (nSPS) is 26.4. The van der Waals surface area contributed by atoms with Crippen molar-refractivity contribution < 1.29 is 44.7 Å². The number of nitrogens with one attached hydrogen (secondary N) is 1. The van der Waals surface area contributed by atoms with Crippen molar-refractivity contribution in [3.05, 3.63) is 12.0 Å². The highest BCUT2D eigenvalue weighted by molar-refractivity contribution is 5.99. The van der Waals surface area contributed by atoms with Crippen molar-refractivity contribution in [3.8, 4) is 0 Å². The van der Waals surface area contributed by atoms with E-state index in [2.05, 4.69) is 4.98 Å². The quantitative estimate of drug-likeness (QED) is 0.251. The first-order valence-corrected chi connectivity index (χ1v) is 7.37. The van der Waals surface area contributed by atoms with E-state index in [4.69, 9.17) is 25.8 Å². The maximum absolute atomic E-state index is 12.1. The van der Waals surface area contributed by atoms with Crippen LogP contribution < -0.4 is 11.1 Å². The van der Waals surface area contributed by atoms with E-state index in [9.17, 15) is 24.6 Å². The van der Waals surface area contributed by atoms with Crippen LogP contribution in [0.1, 0.15) is 23.1 Å². The number of aliphatic carboxylic acids is 2. The fourth-order valence-electron chi connectivity index (χ4n) is 2.46. The number of carboxylic acid groups (broad SMARTS) is 2. The first-order chi connectivity index (χ1) is 12.2. The van der Waals surface area contributed by atoms with Crippen molar-refractivity contribution >= 4 is 23.7 Å². The lowest BCUT2D eigenvalue weighted by Crippen LogP contribution is -2.42. The molecule has 0 radical (unpaired) electrons. The van der Waals surface area contributed by atoms with Crippen molar-refractivity contribution in [1.82, 2.24) is 14.9 Å². The number of imidazole rings is 1. The number of nitrogens with two attached hydrogens (primary N) is 1. The van der Waals surface area contributed by atoms with Crippen molar-refractivity contribution in [2.24, 2.45) is 0 Å². The topological polar surface area (TPSA) is 217 Å². The number of hydrogen-bond acceptors (Lipinski definition) is 9. The first-order valence-electron chi connectivity index (χ1n) is 7.37. The number of rotatable bonds is 7. The van der Waals surface area contributed by atoms with Crippen LogP contribution in [-0.2, 0) is 14.3 Å². The summed E-state index contributed by atoms with van der Waals surface area (Å²) in [5.74, 6) is -4.33. The van der Waals surface area contributed by atoms with Crippen LogP contribution in [0.15, 0.2) is 6.33 Å². The minimum Gasteiger partial charge on any atom is -0.481 e. The molecule has 5 atom stereocenters. The second-order valence-electron chi connectivity index (χ2n) is 5.58. The van der Waals surface area contributed by atoms with E-state index in [0.29, 0.717) is 0 Å². The molecule has 13 heteroatoms. The predicted octanol–water partition coefficient (Wildman–Crippen LogP) is -3.27. The third kappa shape index (κ3) is 3.75. The van der Waals surface area contributed by atoms with Gasteiger partial charge in [0, 0.05) is 0 Å². The molecular formula is C13H18N4O9. The Balaban J connectivity index is 2.19. The van der Waals surface area contributed by atoms with E-state index < -0.39 is 67.1 Å². The number of carboxylic acids is 2. The molecule has 1 amide bonds. The molecule has 0 aromatic carbocycles. The van der Waals surface area contributed by atoms with Crippen LogP contribution >= 0.6 is 0 Å². The van der Waals surface area contributed by atoms with Crippen molar-refractivity contribution in [1.29, 1.82) is 0 Å². The first kappa shape index (κ1) is 19.6. The van der Waals surface area contributed by atoms with E-state index in [0.717, 1.165) is 10.9 Å². The van der Waals surface area contributed by atoms with Gasteiger partial charge in [-0.25, -0.2) is 9.78 Å². The summed E-state index contributed by atoms with van der Waals surface area (Å²) in [5, 5.41) is 48.4. The number of carbonyl (C=O) groups is 3. The van der Waals surface area contributed by atoms with Gasteiger partial charge in [0.25, 0.3) is 5.91 Å². The van der Waals surface area contributed by atoms with Crippen molar-refractivity contribution in [2.75, 3.05) is 12.3 Å². The van der Waals surface area contributed by atoms with E-state index in [1.54, 1.807) is 0 Å². The number of hydrogen-bond donors (Lipinski definition) is 7. The van der Waals surface area contributed by atoms with Crippen LogP contribution in [0.3, 0.4) is 0 Å². The summed E-state index contributed by atoms with van der Waals surface area (Å²) in [6, 6.07) is -1.70. The molecule has 13 nitrogen and oxygen atoms in total. The molecule has 0 spiro atoms. The number of ether oxygens (including phenoxy) is 1. The van der Waals surface area contributed by atoms with Crippen LogP contribution in [0.5, 0.6) is 0 Å². The minimum absolute atomic E-state index is 0.309. The fraction of sp³-hybridized carbons (Fsp3) is 0.538. The summed E-state index contributed by atoms with van der Waals surface area (Å²) >= 11 is 0. The monoisotopic (exact) mass is 374 g/mol. The van der Waals surface area contributed by atoms with Crippen LogP contribution in [0.2, 0.25) is 0 Å². The van der Waals surface area contributed by atoms with Gasteiger partial charge in [-0.2, -0.15) is 0 Å². The number of carbonyl (C=O) groups excluding carboxylic acids is 1. The third-order valence-corrected chi connectivity index (χ3v) is 3.82. The van der Waals surface area contributed by atoms with Crippen LogP contribution in [-0.4, -0.2) is 83.9 Å². The van der Waals surface area contributed by atoms with Gasteiger partial charge in [-0.05, 0) is 0 Å². The molecule has 0 bridgehead atoms. The van der Waals surface area contributed by atoms with Gasteiger partial charge in [-0.3, -0.25) is 14.2 Å². The largest absolute Gasteiger partial charge is 0.481 e. The highest BCUT2D eigenvalue weighted by Crippen LogP contribution is 2.31. The Morgan fingerprint density at radius 2 is 1.96 bits per heavy atom. The Bertz CT molecular complexity index is 706. The Hall–Kier alpha value is -2.74. The average molecular weight is 374 g/mol. The number of nitrogens with zero attached hydrogens (tertiary/aromatic N) is 2. The van der Waals surface area contributed by atoms with Crippen LogP contribution in [0.25, 0.3) is 0 Å². The predicted molar refractivity (Wildman–Crippen MR) is 80.8 cm³/mol. The molecule has 1 aliphatic rings. The zero-order chi connectivity index (χ0) is 19.6. The summed E-state index contributed by atoms with van der Waals surface area (Å²) < 4.78 is 6.29. The van der Waals surface area contributed by atoms with Gasteiger partial charge < -0.3 is 41.3 Å². The maximum atomic E-state index is 12.1. The molecule has 26 heavy (non-hydrogen) atoms. The molecule has 2 heterocycles. The lowest BCUT2D eigenvalue weighted by molar-refractivity contribution is -0.145. The van der Waals surface area contributed by atoms with E-state index in [1.807, 2.05) is 5.32 Å². The Morgan fingerprint density at radius 3 is 2.46 bits per heavy atom. The smallest absolute Gasteiger partial charge is 0.326 e. The lowest BCUT2D eigenvalue weighted by Gasteiger charge is -2.17. The Kier molecular flexibility index (Phi) is 5.76. The fourth-order valence-corrected chi connectivity index (χ4v) is 2.46. The average Bonchev–Trinajstić information content (AvgIpc) is 3.07. The van der Waals surface area contributed by atoms with E-state index in [1.165, 1.54) is 0 Å². The molecule has 1 aliphatic heterocycles. The second-order valence-corrected chi connectivity index (χ2v) is 5.58. The number of nitrogen functional groups attached to an aromatic ring is 1. The zero-order valence-electron chi connectivity index (χ0n) is 13.2. The molecule has 0 unspecified atom stereocenters. The van der Waals surface area contributed by atoms with Gasteiger partial charge in [-0.1, -0.05) is 0 Å². The standard InChI is InChI=1S/C13H18N4O9/c14-10-7(11(23)16-4(13(24)25)1-6(19)20)15-3-17(10)12-9(22)8(21)5(2-18)26-12/h3-5,8-9,12,18,21-22H,1-2,14H2,(H,16,23)(H,19,20)(H,24,25)/t4-,5-,8-,9+,12+/m0/s1. The molecule has 1 fully saturated rings. The van der Waals surface area contributed by atoms with Crippen LogP contribution in [0, 0.1) is 0 Å². The molecule has 8 N–H and O–H groups in total. The molecule has 0 saturated carbocycles. The Labute approximate surface area is 145 Å². The number of anilines is 1. The Morgan fingerprint density at radius 1 is 1.31 bits per heavy atom. The van der Waals surface area contributed by atoms with Gasteiger partial charge >= 0.3 is 11.9 Å². The summed E-state index contributed by atoms with van der Waals surface area (Å²) in [6.45, 7) is -0.563. The molecule has 2 rings (SSSR count). The van der Waals surface area contributed by atoms with Gasteiger partial charge in [0.2, 0.25) is 0 Å². The maximum Gasteiger partial charge on any atom is 0.326 e. The van der Waals surface area contributed by atoms with Crippen molar-refractivity contribution in [3.63, 3.8) is 0 Å². The van der Waals surface area contributed by atoms with Crippen molar-refractivity contribution in [2.45, 2.75) is 37.0 Å². The number of aliphatic hydroxyl groups excluding tert-OH is 3. The number of amides is 1. The van der Waals surface area contributed by atoms with E-state index >= 15 is 0 Å². The summed E-state index contributed by atoms with van der Waals surface area (Å²) in [6.07, 6.45) is -4.98. The summed E-state index contributed by atoms with van der Waals surface area (Å²) in [4.78, 5) is 37.5. The molecule has 1 aromatic heterocycles. The second kappa shape index (κ2) is 7.65. The van der Waals surface area contributed by atoms with Gasteiger partial charge in [-0.15, -0.1) is 0 Å². The molecule has 0 aliphatic carbocycles. The zero-order valence-corrected chi connectivity index (χ0v) is 13.2.